The van der Waals surface area contributed by atoms with Gasteiger partial charge >= 0.3 is 5.97 Å². The van der Waals surface area contributed by atoms with Crippen molar-refractivity contribution >= 4 is 5.97 Å². The van der Waals surface area contributed by atoms with Gasteiger partial charge in [-0.2, -0.15) is 0 Å². The molecule has 1 N–H and O–H groups in total. The van der Waals surface area contributed by atoms with Gasteiger partial charge in [0.15, 0.2) is 0 Å². The first-order valence-electron chi connectivity index (χ1n) is 4.88. The van der Waals surface area contributed by atoms with Crippen LogP contribution in [0.4, 0.5) is 0 Å². The van der Waals surface area contributed by atoms with Crippen LogP contribution in [0.2, 0.25) is 0 Å². The minimum atomic E-state index is -0.738. The molecule has 3 nitrogen and oxygen atoms in total. The summed E-state index contributed by atoms with van der Waals surface area (Å²) in [6.45, 7) is 2.06. The molecule has 1 heterocycles. The van der Waals surface area contributed by atoms with E-state index in [4.69, 9.17) is 5.11 Å². The lowest BCUT2D eigenvalue weighted by atomic mass is 10.00. The smallest absolute Gasteiger partial charge is 0.315 e. The van der Waals surface area contributed by atoms with Crippen molar-refractivity contribution in [2.45, 2.75) is 31.6 Å². The predicted octanol–water partition coefficient (Wildman–Crippen LogP) is 1.76. The Morgan fingerprint density at radius 1 is 1.64 bits per heavy atom. The highest BCUT2D eigenvalue weighted by Gasteiger charge is 2.53. The molecule has 0 aromatic carbocycles. The molecule has 0 aliphatic heterocycles. The average Bonchev–Trinajstić information content (AvgIpc) is 2.98. The first kappa shape index (κ1) is 9.19. The monoisotopic (exact) mass is 191 g/mol. The number of carboxylic acid groups (broad SMARTS) is 1. The van der Waals surface area contributed by atoms with Gasteiger partial charge in [-0.3, -0.25) is 9.78 Å². The van der Waals surface area contributed by atoms with Gasteiger partial charge in [0.25, 0.3) is 0 Å². The third-order valence-electron chi connectivity index (χ3n) is 2.88. The Kier molecular flexibility index (Phi) is 2.02. The summed E-state index contributed by atoms with van der Waals surface area (Å²) in [4.78, 5) is 15.2. The van der Waals surface area contributed by atoms with Gasteiger partial charge in [0.05, 0.1) is 5.69 Å². The van der Waals surface area contributed by atoms with Crippen LogP contribution in [-0.4, -0.2) is 16.1 Å². The SMILES string of the molecule is CCc1ccnc(C2(C(=O)O)CC2)c1. The molecular weight excluding hydrogens is 178 g/mol. The predicted molar refractivity (Wildman–Crippen MR) is 52.2 cm³/mol. The van der Waals surface area contributed by atoms with E-state index in [0.717, 1.165) is 30.5 Å². The molecule has 1 aliphatic carbocycles. The number of pyridine rings is 1. The number of hydrogen-bond acceptors (Lipinski definition) is 2. The summed E-state index contributed by atoms with van der Waals surface area (Å²) in [5, 5.41) is 9.08. The molecule has 0 radical (unpaired) electrons. The maximum atomic E-state index is 11.0. The fraction of sp³-hybridized carbons (Fsp3) is 0.455. The van der Waals surface area contributed by atoms with Gasteiger partial charge in [0, 0.05) is 6.20 Å². The van der Waals surface area contributed by atoms with Crippen LogP contribution in [0.1, 0.15) is 31.0 Å². The van der Waals surface area contributed by atoms with Crippen LogP contribution in [0.25, 0.3) is 0 Å². The molecule has 0 atom stereocenters. The highest BCUT2D eigenvalue weighted by Crippen LogP contribution is 2.47. The number of nitrogens with zero attached hydrogens (tertiary/aromatic N) is 1. The molecule has 1 aliphatic rings. The highest BCUT2D eigenvalue weighted by atomic mass is 16.4. The van der Waals surface area contributed by atoms with Crippen LogP contribution in [0, 0.1) is 0 Å². The van der Waals surface area contributed by atoms with Crippen molar-refractivity contribution in [3.63, 3.8) is 0 Å². The minimum Gasteiger partial charge on any atom is -0.481 e. The molecule has 74 valence electrons. The van der Waals surface area contributed by atoms with Crippen LogP contribution < -0.4 is 0 Å². The molecular formula is C11H13NO2. The van der Waals surface area contributed by atoms with Crippen molar-refractivity contribution in [2.75, 3.05) is 0 Å². The van der Waals surface area contributed by atoms with Gasteiger partial charge in [-0.15, -0.1) is 0 Å². The van der Waals surface area contributed by atoms with Crippen molar-refractivity contribution in [1.82, 2.24) is 4.98 Å². The van der Waals surface area contributed by atoms with Gasteiger partial charge in [-0.25, -0.2) is 0 Å². The van der Waals surface area contributed by atoms with Gasteiger partial charge in [0.2, 0.25) is 0 Å². The molecule has 1 saturated carbocycles. The van der Waals surface area contributed by atoms with E-state index in [9.17, 15) is 4.79 Å². The lowest BCUT2D eigenvalue weighted by molar-refractivity contribution is -0.140. The number of rotatable bonds is 3. The zero-order valence-electron chi connectivity index (χ0n) is 8.16. The Bertz CT molecular complexity index is 369. The maximum Gasteiger partial charge on any atom is 0.315 e. The first-order chi connectivity index (χ1) is 6.69. The average molecular weight is 191 g/mol. The molecule has 0 saturated heterocycles. The van der Waals surface area contributed by atoms with Gasteiger partial charge in [0.1, 0.15) is 5.41 Å². The van der Waals surface area contributed by atoms with Crippen molar-refractivity contribution in [1.29, 1.82) is 0 Å². The van der Waals surface area contributed by atoms with E-state index in [0.29, 0.717) is 0 Å². The molecule has 1 aromatic rings. The van der Waals surface area contributed by atoms with Crippen molar-refractivity contribution in [3.05, 3.63) is 29.6 Å². The van der Waals surface area contributed by atoms with Crippen molar-refractivity contribution in [3.8, 4) is 0 Å². The van der Waals surface area contributed by atoms with Crippen molar-refractivity contribution < 1.29 is 9.90 Å². The van der Waals surface area contributed by atoms with E-state index in [-0.39, 0.29) is 0 Å². The summed E-state index contributed by atoms with van der Waals surface area (Å²) < 4.78 is 0. The van der Waals surface area contributed by atoms with E-state index in [1.165, 1.54) is 0 Å². The summed E-state index contributed by atoms with van der Waals surface area (Å²) in [6, 6.07) is 3.85. The van der Waals surface area contributed by atoms with E-state index in [2.05, 4.69) is 11.9 Å². The molecule has 1 aromatic heterocycles. The van der Waals surface area contributed by atoms with Crippen molar-refractivity contribution in [2.24, 2.45) is 0 Å². The van der Waals surface area contributed by atoms with E-state index in [1.807, 2.05) is 12.1 Å². The quantitative estimate of drug-likeness (QED) is 0.792. The second kappa shape index (κ2) is 3.08. The first-order valence-corrected chi connectivity index (χ1v) is 4.88. The fourth-order valence-electron chi connectivity index (χ4n) is 1.66. The van der Waals surface area contributed by atoms with Gasteiger partial charge in [-0.1, -0.05) is 6.92 Å². The Hall–Kier alpha value is -1.38. The number of aliphatic carboxylic acids is 1. The van der Waals surface area contributed by atoms with E-state index >= 15 is 0 Å². The molecule has 3 heteroatoms. The molecule has 0 bridgehead atoms. The topological polar surface area (TPSA) is 50.2 Å². The normalized spacial score (nSPS) is 17.8. The largest absolute Gasteiger partial charge is 0.481 e. The zero-order chi connectivity index (χ0) is 10.2. The molecule has 0 unspecified atom stereocenters. The molecule has 2 rings (SSSR count). The summed E-state index contributed by atoms with van der Waals surface area (Å²) in [6.07, 6.45) is 4.08. The van der Waals surface area contributed by atoms with E-state index < -0.39 is 11.4 Å². The minimum absolute atomic E-state index is 0.662. The van der Waals surface area contributed by atoms with E-state index in [1.54, 1.807) is 6.20 Å². The summed E-state index contributed by atoms with van der Waals surface area (Å²) in [5.74, 6) is -0.738. The van der Waals surface area contributed by atoms with Crippen LogP contribution in [0.3, 0.4) is 0 Å². The highest BCUT2D eigenvalue weighted by molar-refractivity contribution is 5.84. The van der Waals surface area contributed by atoms with Crippen LogP contribution in [0.5, 0.6) is 0 Å². The van der Waals surface area contributed by atoms with Crippen LogP contribution in [-0.2, 0) is 16.6 Å². The fourth-order valence-corrected chi connectivity index (χ4v) is 1.66. The maximum absolute atomic E-state index is 11.0. The summed E-state index contributed by atoms with van der Waals surface area (Å²) >= 11 is 0. The molecule has 0 spiro atoms. The van der Waals surface area contributed by atoms with Crippen LogP contribution >= 0.6 is 0 Å². The summed E-state index contributed by atoms with van der Waals surface area (Å²) in [5.41, 5.74) is 1.22. The Balaban J connectivity index is 2.37. The number of aromatic nitrogens is 1. The molecule has 14 heavy (non-hydrogen) atoms. The van der Waals surface area contributed by atoms with Crippen LogP contribution in [0.15, 0.2) is 18.3 Å². The van der Waals surface area contributed by atoms with Gasteiger partial charge in [-0.05, 0) is 37.0 Å². The Labute approximate surface area is 82.8 Å². The lowest BCUT2D eigenvalue weighted by Gasteiger charge is -2.09. The third-order valence-corrected chi connectivity index (χ3v) is 2.88. The third kappa shape index (κ3) is 1.29. The number of carboxylic acids is 1. The van der Waals surface area contributed by atoms with Gasteiger partial charge < -0.3 is 5.11 Å². The Morgan fingerprint density at radius 2 is 2.36 bits per heavy atom. The zero-order valence-corrected chi connectivity index (χ0v) is 8.16. The second-order valence-corrected chi connectivity index (χ2v) is 3.79. The number of aryl methyl sites for hydroxylation is 1. The lowest BCUT2D eigenvalue weighted by Crippen LogP contribution is -2.20. The molecule has 0 amide bonds. The number of hydrogen-bond donors (Lipinski definition) is 1. The second-order valence-electron chi connectivity index (χ2n) is 3.79. The number of carbonyl (C=O) groups is 1. The molecule has 1 fully saturated rings. The summed E-state index contributed by atoms with van der Waals surface area (Å²) in [7, 11) is 0. The Morgan fingerprint density at radius 3 is 2.86 bits per heavy atom. The standard InChI is InChI=1S/C11H13NO2/c1-2-8-3-6-12-9(7-8)11(4-5-11)10(13)14/h3,6-7H,2,4-5H2,1H3,(H,13,14).